The summed E-state index contributed by atoms with van der Waals surface area (Å²) < 4.78 is 11.5. The lowest BCUT2D eigenvalue weighted by Gasteiger charge is -2.12. The van der Waals surface area contributed by atoms with E-state index in [1.54, 1.807) is 20.3 Å². The maximum absolute atomic E-state index is 12.7. The van der Waals surface area contributed by atoms with E-state index in [4.69, 9.17) is 9.47 Å². The van der Waals surface area contributed by atoms with Crippen molar-refractivity contribution in [3.8, 4) is 11.5 Å². The molecule has 0 aromatic heterocycles. The molecule has 0 saturated heterocycles. The van der Waals surface area contributed by atoms with Crippen molar-refractivity contribution in [3.63, 3.8) is 0 Å². The SMILES string of the molecule is COc1cc(C)c(C(=O)c2ccc(Br)c(C)c2)cc1OC. The molecule has 2 rings (SSSR count). The summed E-state index contributed by atoms with van der Waals surface area (Å²) in [6.45, 7) is 3.85. The van der Waals surface area contributed by atoms with Gasteiger partial charge in [0.25, 0.3) is 0 Å². The van der Waals surface area contributed by atoms with Crippen LogP contribution in [0.5, 0.6) is 11.5 Å². The van der Waals surface area contributed by atoms with Crippen LogP contribution in [0.25, 0.3) is 0 Å². The number of carbonyl (C=O) groups is 1. The van der Waals surface area contributed by atoms with Crippen molar-refractivity contribution in [2.24, 2.45) is 0 Å². The molecule has 0 saturated carbocycles. The summed E-state index contributed by atoms with van der Waals surface area (Å²) in [6.07, 6.45) is 0. The maximum Gasteiger partial charge on any atom is 0.193 e. The summed E-state index contributed by atoms with van der Waals surface area (Å²) >= 11 is 3.44. The molecule has 110 valence electrons. The van der Waals surface area contributed by atoms with E-state index in [0.29, 0.717) is 22.6 Å². The molecule has 0 unspecified atom stereocenters. The predicted molar refractivity (Wildman–Crippen MR) is 86.6 cm³/mol. The summed E-state index contributed by atoms with van der Waals surface area (Å²) in [4.78, 5) is 12.7. The number of benzene rings is 2. The van der Waals surface area contributed by atoms with E-state index >= 15 is 0 Å². The van der Waals surface area contributed by atoms with E-state index < -0.39 is 0 Å². The van der Waals surface area contributed by atoms with Crippen LogP contribution in [0.3, 0.4) is 0 Å². The Kier molecular flexibility index (Phi) is 4.68. The van der Waals surface area contributed by atoms with Gasteiger partial charge in [-0.15, -0.1) is 0 Å². The molecule has 4 heteroatoms. The van der Waals surface area contributed by atoms with Crippen molar-refractivity contribution in [2.45, 2.75) is 13.8 Å². The molecule has 0 N–H and O–H groups in total. The van der Waals surface area contributed by atoms with Gasteiger partial charge in [-0.2, -0.15) is 0 Å². The molecule has 2 aromatic carbocycles. The third-order valence-corrected chi connectivity index (χ3v) is 4.29. The van der Waals surface area contributed by atoms with Crippen LogP contribution in [0, 0.1) is 13.8 Å². The lowest BCUT2D eigenvalue weighted by Crippen LogP contribution is -2.05. The van der Waals surface area contributed by atoms with Crippen LogP contribution in [-0.2, 0) is 0 Å². The Morgan fingerprint density at radius 1 is 0.952 bits per heavy atom. The highest BCUT2D eigenvalue weighted by molar-refractivity contribution is 9.10. The molecule has 0 atom stereocenters. The third kappa shape index (κ3) is 3.10. The Morgan fingerprint density at radius 3 is 2.14 bits per heavy atom. The summed E-state index contributed by atoms with van der Waals surface area (Å²) in [7, 11) is 3.14. The van der Waals surface area contributed by atoms with E-state index in [1.807, 2.05) is 38.1 Å². The van der Waals surface area contributed by atoms with Crippen LogP contribution in [0.1, 0.15) is 27.0 Å². The highest BCUT2D eigenvalue weighted by Gasteiger charge is 2.16. The van der Waals surface area contributed by atoms with Gasteiger partial charge in [-0.3, -0.25) is 4.79 Å². The Hall–Kier alpha value is -1.81. The van der Waals surface area contributed by atoms with Crippen LogP contribution >= 0.6 is 15.9 Å². The van der Waals surface area contributed by atoms with Gasteiger partial charge < -0.3 is 9.47 Å². The minimum Gasteiger partial charge on any atom is -0.493 e. The molecule has 0 aliphatic rings. The zero-order chi connectivity index (χ0) is 15.6. The molecule has 0 amide bonds. The first-order valence-corrected chi connectivity index (χ1v) is 7.30. The average Bonchev–Trinajstić information content (AvgIpc) is 2.49. The van der Waals surface area contributed by atoms with Crippen LogP contribution in [0.4, 0.5) is 0 Å². The quantitative estimate of drug-likeness (QED) is 0.772. The fourth-order valence-electron chi connectivity index (χ4n) is 2.17. The summed E-state index contributed by atoms with van der Waals surface area (Å²) in [5, 5.41) is 0. The van der Waals surface area contributed by atoms with Gasteiger partial charge in [-0.1, -0.05) is 15.9 Å². The van der Waals surface area contributed by atoms with Gasteiger partial charge in [0.1, 0.15) is 0 Å². The zero-order valence-corrected chi connectivity index (χ0v) is 14.1. The molecule has 0 spiro atoms. The first-order valence-electron chi connectivity index (χ1n) is 6.51. The van der Waals surface area contributed by atoms with Gasteiger partial charge in [-0.05, 0) is 55.3 Å². The first kappa shape index (κ1) is 15.6. The highest BCUT2D eigenvalue weighted by Crippen LogP contribution is 2.31. The molecule has 0 bridgehead atoms. The molecule has 0 heterocycles. The Labute approximate surface area is 133 Å². The van der Waals surface area contributed by atoms with Gasteiger partial charge >= 0.3 is 0 Å². The smallest absolute Gasteiger partial charge is 0.193 e. The first-order chi connectivity index (χ1) is 9.97. The minimum atomic E-state index is -0.0240. The van der Waals surface area contributed by atoms with Crippen LogP contribution in [0.2, 0.25) is 0 Å². The topological polar surface area (TPSA) is 35.5 Å². The molecule has 0 aliphatic carbocycles. The summed E-state index contributed by atoms with van der Waals surface area (Å²) in [5.41, 5.74) is 3.16. The monoisotopic (exact) mass is 348 g/mol. The zero-order valence-electron chi connectivity index (χ0n) is 12.5. The second kappa shape index (κ2) is 6.31. The molecule has 2 aromatic rings. The number of hydrogen-bond donors (Lipinski definition) is 0. The van der Waals surface area contributed by atoms with Crippen molar-refractivity contribution in [3.05, 3.63) is 57.1 Å². The highest BCUT2D eigenvalue weighted by atomic mass is 79.9. The number of ether oxygens (including phenoxy) is 2. The van der Waals surface area contributed by atoms with E-state index in [2.05, 4.69) is 15.9 Å². The molecule has 0 fully saturated rings. The lowest BCUT2D eigenvalue weighted by atomic mass is 9.97. The molecule has 21 heavy (non-hydrogen) atoms. The summed E-state index contributed by atoms with van der Waals surface area (Å²) in [5.74, 6) is 1.16. The van der Waals surface area contributed by atoms with Crippen molar-refractivity contribution < 1.29 is 14.3 Å². The largest absolute Gasteiger partial charge is 0.493 e. The number of rotatable bonds is 4. The predicted octanol–water partition coefficient (Wildman–Crippen LogP) is 4.31. The van der Waals surface area contributed by atoms with Crippen LogP contribution < -0.4 is 9.47 Å². The number of ketones is 1. The van der Waals surface area contributed by atoms with Crippen molar-refractivity contribution in [1.82, 2.24) is 0 Å². The van der Waals surface area contributed by atoms with Crippen LogP contribution in [-0.4, -0.2) is 20.0 Å². The second-order valence-electron chi connectivity index (χ2n) is 4.82. The third-order valence-electron chi connectivity index (χ3n) is 3.40. The average molecular weight is 349 g/mol. The van der Waals surface area contributed by atoms with E-state index in [9.17, 15) is 4.79 Å². The number of aryl methyl sites for hydroxylation is 2. The molecular weight excluding hydrogens is 332 g/mol. The van der Waals surface area contributed by atoms with Crippen molar-refractivity contribution in [2.75, 3.05) is 14.2 Å². The summed E-state index contributed by atoms with van der Waals surface area (Å²) in [6, 6.07) is 9.13. The standard InChI is InChI=1S/C17H17BrO3/c1-10-8-15(20-3)16(21-4)9-13(10)17(19)12-5-6-14(18)11(2)7-12/h5-9H,1-4H3. The van der Waals surface area contributed by atoms with Gasteiger partial charge in [-0.25, -0.2) is 0 Å². The molecular formula is C17H17BrO3. The van der Waals surface area contributed by atoms with Gasteiger partial charge in [0.05, 0.1) is 14.2 Å². The molecule has 3 nitrogen and oxygen atoms in total. The fourth-order valence-corrected chi connectivity index (χ4v) is 2.41. The van der Waals surface area contributed by atoms with Gasteiger partial charge in [0.2, 0.25) is 0 Å². The van der Waals surface area contributed by atoms with E-state index in [1.165, 1.54) is 0 Å². The normalized spacial score (nSPS) is 10.3. The lowest BCUT2D eigenvalue weighted by molar-refractivity contribution is 0.103. The number of hydrogen-bond acceptors (Lipinski definition) is 3. The van der Waals surface area contributed by atoms with Crippen molar-refractivity contribution >= 4 is 21.7 Å². The van der Waals surface area contributed by atoms with E-state index in [0.717, 1.165) is 15.6 Å². The van der Waals surface area contributed by atoms with Crippen LogP contribution in [0.15, 0.2) is 34.8 Å². The maximum atomic E-state index is 12.7. The fraction of sp³-hybridized carbons (Fsp3) is 0.235. The second-order valence-corrected chi connectivity index (χ2v) is 5.67. The van der Waals surface area contributed by atoms with Gasteiger partial charge in [0, 0.05) is 15.6 Å². The number of methoxy groups -OCH3 is 2. The van der Waals surface area contributed by atoms with Crippen molar-refractivity contribution in [1.29, 1.82) is 0 Å². The number of carbonyl (C=O) groups excluding carboxylic acids is 1. The molecule has 0 radical (unpaired) electrons. The Morgan fingerprint density at radius 2 is 1.57 bits per heavy atom. The Balaban J connectivity index is 2.50. The number of halogens is 1. The Bertz CT molecular complexity index is 693. The van der Waals surface area contributed by atoms with E-state index in [-0.39, 0.29) is 5.78 Å². The minimum absolute atomic E-state index is 0.0240. The van der Waals surface area contributed by atoms with Gasteiger partial charge in [0.15, 0.2) is 17.3 Å². The molecule has 0 aliphatic heterocycles.